The molecule has 0 bridgehead atoms. The number of hydrogen-bond donors (Lipinski definition) is 0. The molecule has 0 aliphatic heterocycles. The van der Waals surface area contributed by atoms with Gasteiger partial charge >= 0.3 is 0 Å². The zero-order valence-corrected chi connectivity index (χ0v) is 9.21. The Labute approximate surface area is 83.1 Å². The van der Waals surface area contributed by atoms with Crippen molar-refractivity contribution in [1.29, 1.82) is 0 Å². The number of rotatable bonds is 3. The van der Waals surface area contributed by atoms with E-state index in [1.54, 1.807) is 0 Å². The molecule has 0 saturated carbocycles. The minimum Gasteiger partial charge on any atom is -0.0836 e. The normalized spacial score (nSPS) is 15.6. The molecule has 0 fully saturated rings. The lowest BCUT2D eigenvalue weighted by Crippen LogP contribution is -2.01. The van der Waals surface area contributed by atoms with Crippen molar-refractivity contribution in [2.75, 3.05) is 0 Å². The van der Waals surface area contributed by atoms with Gasteiger partial charge in [0.25, 0.3) is 0 Å². The predicted molar refractivity (Wildman–Crippen MR) is 57.6 cm³/mol. The summed E-state index contributed by atoms with van der Waals surface area (Å²) in [5.74, 6) is 0.701. The van der Waals surface area contributed by atoms with Crippen LogP contribution >= 0.6 is 15.9 Å². The molecule has 0 nitrogen and oxygen atoms in total. The Hall–Kier alpha value is -0.300. The molecule has 1 heteroatoms. The SMILES string of the molecule is CCC(C)C(Br)c1ccccc1. The Morgan fingerprint density at radius 3 is 2.33 bits per heavy atom. The minimum atomic E-state index is 0.503. The van der Waals surface area contributed by atoms with E-state index in [1.165, 1.54) is 12.0 Å². The first kappa shape index (κ1) is 9.79. The molecule has 2 unspecified atom stereocenters. The molecule has 0 spiro atoms. The van der Waals surface area contributed by atoms with Gasteiger partial charge in [-0.15, -0.1) is 0 Å². The van der Waals surface area contributed by atoms with E-state index in [9.17, 15) is 0 Å². The summed E-state index contributed by atoms with van der Waals surface area (Å²) in [6, 6.07) is 10.6. The van der Waals surface area contributed by atoms with E-state index in [-0.39, 0.29) is 0 Å². The first-order valence-corrected chi connectivity index (χ1v) is 5.36. The van der Waals surface area contributed by atoms with Crippen LogP contribution in [0.4, 0.5) is 0 Å². The summed E-state index contributed by atoms with van der Waals surface area (Å²) in [6.45, 7) is 4.49. The molecule has 0 radical (unpaired) electrons. The molecule has 0 heterocycles. The van der Waals surface area contributed by atoms with Gasteiger partial charge in [0.15, 0.2) is 0 Å². The lowest BCUT2D eigenvalue weighted by Gasteiger charge is -2.16. The van der Waals surface area contributed by atoms with Gasteiger partial charge in [-0.05, 0) is 11.5 Å². The van der Waals surface area contributed by atoms with Gasteiger partial charge in [-0.2, -0.15) is 0 Å². The third-order valence-electron chi connectivity index (χ3n) is 2.26. The van der Waals surface area contributed by atoms with Crippen molar-refractivity contribution in [3.8, 4) is 0 Å². The van der Waals surface area contributed by atoms with Crippen LogP contribution in [-0.2, 0) is 0 Å². The van der Waals surface area contributed by atoms with Crippen molar-refractivity contribution in [3.05, 3.63) is 35.9 Å². The van der Waals surface area contributed by atoms with Crippen molar-refractivity contribution in [2.45, 2.75) is 25.1 Å². The number of halogens is 1. The highest BCUT2D eigenvalue weighted by Gasteiger charge is 2.12. The fraction of sp³-hybridized carbons (Fsp3) is 0.455. The average molecular weight is 227 g/mol. The topological polar surface area (TPSA) is 0 Å². The molecule has 0 amide bonds. The molecule has 0 N–H and O–H groups in total. The van der Waals surface area contributed by atoms with Crippen LogP contribution in [0.2, 0.25) is 0 Å². The molecular formula is C11H15Br. The summed E-state index contributed by atoms with van der Waals surface area (Å²) in [4.78, 5) is 0.503. The lowest BCUT2D eigenvalue weighted by molar-refractivity contribution is 0.555. The van der Waals surface area contributed by atoms with Gasteiger partial charge in [0.2, 0.25) is 0 Å². The molecule has 66 valence electrons. The van der Waals surface area contributed by atoms with Gasteiger partial charge in [-0.3, -0.25) is 0 Å². The number of benzene rings is 1. The van der Waals surface area contributed by atoms with Crippen LogP contribution in [0.1, 0.15) is 30.7 Å². The quantitative estimate of drug-likeness (QED) is 0.680. The largest absolute Gasteiger partial charge is 0.0836 e. The van der Waals surface area contributed by atoms with Crippen LogP contribution in [0.5, 0.6) is 0 Å². The van der Waals surface area contributed by atoms with Crippen molar-refractivity contribution >= 4 is 15.9 Å². The molecule has 0 saturated heterocycles. The maximum atomic E-state index is 3.71. The smallest absolute Gasteiger partial charge is 0.0420 e. The van der Waals surface area contributed by atoms with Gasteiger partial charge in [-0.25, -0.2) is 0 Å². The Morgan fingerprint density at radius 1 is 1.25 bits per heavy atom. The number of alkyl halides is 1. The van der Waals surface area contributed by atoms with E-state index in [2.05, 4.69) is 60.1 Å². The van der Waals surface area contributed by atoms with Crippen molar-refractivity contribution in [2.24, 2.45) is 5.92 Å². The van der Waals surface area contributed by atoms with Crippen LogP contribution in [-0.4, -0.2) is 0 Å². The molecule has 1 aromatic rings. The van der Waals surface area contributed by atoms with E-state index in [0.29, 0.717) is 10.7 Å². The minimum absolute atomic E-state index is 0.503. The number of hydrogen-bond acceptors (Lipinski definition) is 0. The van der Waals surface area contributed by atoms with Gasteiger partial charge in [-0.1, -0.05) is 66.5 Å². The standard InChI is InChI=1S/C11H15Br/c1-3-9(2)11(12)10-7-5-4-6-8-10/h4-9,11H,3H2,1-2H3. The molecule has 2 atom stereocenters. The summed E-state index contributed by atoms with van der Waals surface area (Å²) in [6.07, 6.45) is 1.21. The van der Waals surface area contributed by atoms with Gasteiger partial charge < -0.3 is 0 Å². The monoisotopic (exact) mass is 226 g/mol. The molecule has 0 aromatic heterocycles. The van der Waals surface area contributed by atoms with E-state index in [4.69, 9.17) is 0 Å². The van der Waals surface area contributed by atoms with Crippen LogP contribution in [0.3, 0.4) is 0 Å². The summed E-state index contributed by atoms with van der Waals surface area (Å²) in [5.41, 5.74) is 1.38. The fourth-order valence-electron chi connectivity index (χ4n) is 1.17. The van der Waals surface area contributed by atoms with Crippen LogP contribution < -0.4 is 0 Å². The maximum Gasteiger partial charge on any atom is 0.0420 e. The Morgan fingerprint density at radius 2 is 1.83 bits per heavy atom. The highest BCUT2D eigenvalue weighted by Crippen LogP contribution is 2.32. The average Bonchev–Trinajstić information content (AvgIpc) is 2.17. The lowest BCUT2D eigenvalue weighted by atomic mass is 9.99. The molecule has 1 rings (SSSR count). The molecule has 0 aliphatic carbocycles. The Balaban J connectivity index is 2.71. The molecular weight excluding hydrogens is 212 g/mol. The second-order valence-corrected chi connectivity index (χ2v) is 4.18. The zero-order valence-electron chi connectivity index (χ0n) is 7.63. The van der Waals surface area contributed by atoms with E-state index in [0.717, 1.165) is 0 Å². The van der Waals surface area contributed by atoms with Gasteiger partial charge in [0, 0.05) is 4.83 Å². The van der Waals surface area contributed by atoms with Crippen LogP contribution in [0, 0.1) is 5.92 Å². The highest BCUT2D eigenvalue weighted by atomic mass is 79.9. The third-order valence-corrected chi connectivity index (χ3v) is 3.69. The molecule has 0 aliphatic rings. The molecule has 1 aromatic carbocycles. The van der Waals surface area contributed by atoms with Crippen LogP contribution in [0.25, 0.3) is 0 Å². The van der Waals surface area contributed by atoms with Crippen LogP contribution in [0.15, 0.2) is 30.3 Å². The zero-order chi connectivity index (χ0) is 8.97. The Kier molecular flexibility index (Phi) is 3.80. The summed E-state index contributed by atoms with van der Waals surface area (Å²) in [5, 5.41) is 0. The first-order chi connectivity index (χ1) is 5.75. The van der Waals surface area contributed by atoms with E-state index in [1.807, 2.05) is 0 Å². The Bertz CT molecular complexity index is 218. The van der Waals surface area contributed by atoms with Gasteiger partial charge in [0.05, 0.1) is 0 Å². The van der Waals surface area contributed by atoms with Gasteiger partial charge in [0.1, 0.15) is 0 Å². The summed E-state index contributed by atoms with van der Waals surface area (Å²) < 4.78 is 0. The second kappa shape index (κ2) is 4.66. The summed E-state index contributed by atoms with van der Waals surface area (Å²) in [7, 11) is 0. The van der Waals surface area contributed by atoms with E-state index >= 15 is 0 Å². The van der Waals surface area contributed by atoms with Crippen molar-refractivity contribution in [3.63, 3.8) is 0 Å². The predicted octanol–water partition coefficient (Wildman–Crippen LogP) is 4.17. The molecule has 12 heavy (non-hydrogen) atoms. The maximum absolute atomic E-state index is 3.71. The van der Waals surface area contributed by atoms with E-state index < -0.39 is 0 Å². The van der Waals surface area contributed by atoms with Crippen molar-refractivity contribution < 1.29 is 0 Å². The third kappa shape index (κ3) is 2.34. The second-order valence-electron chi connectivity index (χ2n) is 3.20. The first-order valence-electron chi connectivity index (χ1n) is 4.44. The summed E-state index contributed by atoms with van der Waals surface area (Å²) >= 11 is 3.71. The fourth-order valence-corrected chi connectivity index (χ4v) is 1.85. The van der Waals surface area contributed by atoms with Crippen molar-refractivity contribution in [1.82, 2.24) is 0 Å². The highest BCUT2D eigenvalue weighted by molar-refractivity contribution is 9.09.